The van der Waals surface area contributed by atoms with Gasteiger partial charge in [-0.1, -0.05) is 12.1 Å². The molecule has 0 radical (unpaired) electrons. The maximum absolute atomic E-state index is 11.9. The van der Waals surface area contributed by atoms with E-state index in [0.717, 1.165) is 5.69 Å². The Morgan fingerprint density at radius 2 is 2.10 bits per heavy atom. The van der Waals surface area contributed by atoms with Gasteiger partial charge in [-0.3, -0.25) is 15.1 Å². The third-order valence-corrected chi connectivity index (χ3v) is 2.79. The summed E-state index contributed by atoms with van der Waals surface area (Å²) in [6, 6.07) is 10.5. The molecule has 0 aliphatic heterocycles. The van der Waals surface area contributed by atoms with Crippen molar-refractivity contribution in [1.82, 2.24) is 10.3 Å². The summed E-state index contributed by atoms with van der Waals surface area (Å²) in [5, 5.41) is 15.9. The van der Waals surface area contributed by atoms with Crippen LogP contribution < -0.4 is 10.6 Å². The van der Waals surface area contributed by atoms with Crippen molar-refractivity contribution in [2.45, 2.75) is 13.0 Å². The normalized spacial score (nSPS) is 11.5. The van der Waals surface area contributed by atoms with Crippen molar-refractivity contribution in [3.63, 3.8) is 0 Å². The van der Waals surface area contributed by atoms with E-state index in [0.29, 0.717) is 5.69 Å². The number of rotatable bonds is 4. The first-order chi connectivity index (χ1) is 10.1. The average molecular weight is 286 g/mol. The molecule has 0 unspecified atom stereocenters. The minimum absolute atomic E-state index is 0.0782. The van der Waals surface area contributed by atoms with Crippen LogP contribution in [-0.2, 0) is 0 Å². The predicted molar refractivity (Wildman–Crippen MR) is 77.9 cm³/mol. The third-order valence-electron chi connectivity index (χ3n) is 2.79. The maximum Gasteiger partial charge on any atom is 0.319 e. The first-order valence-electron chi connectivity index (χ1n) is 6.29. The fraction of sp³-hybridized carbons (Fsp3) is 0.143. The van der Waals surface area contributed by atoms with Gasteiger partial charge < -0.3 is 10.6 Å². The molecule has 0 saturated heterocycles. The summed E-state index contributed by atoms with van der Waals surface area (Å²) in [4.78, 5) is 26.2. The molecule has 2 rings (SSSR count). The largest absolute Gasteiger partial charge is 0.330 e. The SMILES string of the molecule is C[C@H](NC(=O)Nc1cccc([N+](=O)[O-])c1)c1ccccn1. The molecule has 0 spiro atoms. The average Bonchev–Trinajstić information content (AvgIpc) is 2.48. The van der Waals surface area contributed by atoms with Crippen LogP contribution in [0.3, 0.4) is 0 Å². The summed E-state index contributed by atoms with van der Waals surface area (Å²) in [7, 11) is 0. The topological polar surface area (TPSA) is 97.2 Å². The molecule has 0 saturated carbocycles. The van der Waals surface area contributed by atoms with E-state index in [1.54, 1.807) is 31.3 Å². The van der Waals surface area contributed by atoms with Crippen LogP contribution >= 0.6 is 0 Å². The number of hydrogen-bond acceptors (Lipinski definition) is 4. The molecule has 0 fully saturated rings. The minimum atomic E-state index is -0.514. The molecule has 2 aromatic rings. The van der Waals surface area contributed by atoms with Gasteiger partial charge in [-0.25, -0.2) is 4.79 Å². The Hall–Kier alpha value is -2.96. The Morgan fingerprint density at radius 1 is 1.29 bits per heavy atom. The molecule has 7 nitrogen and oxygen atoms in total. The number of nitro benzene ring substituents is 1. The number of non-ortho nitro benzene ring substituents is 1. The number of hydrogen-bond donors (Lipinski definition) is 2. The molecule has 1 aromatic carbocycles. The van der Waals surface area contributed by atoms with E-state index in [1.165, 1.54) is 18.2 Å². The highest BCUT2D eigenvalue weighted by Gasteiger charge is 2.11. The van der Waals surface area contributed by atoms with E-state index in [-0.39, 0.29) is 11.7 Å². The van der Waals surface area contributed by atoms with Gasteiger partial charge in [0, 0.05) is 24.0 Å². The Labute approximate surface area is 121 Å². The van der Waals surface area contributed by atoms with Gasteiger partial charge in [0.2, 0.25) is 0 Å². The van der Waals surface area contributed by atoms with E-state index in [2.05, 4.69) is 15.6 Å². The number of amides is 2. The number of pyridine rings is 1. The second-order valence-electron chi connectivity index (χ2n) is 4.38. The van der Waals surface area contributed by atoms with Crippen LogP contribution in [0.25, 0.3) is 0 Å². The second-order valence-corrected chi connectivity index (χ2v) is 4.38. The number of nitrogens with one attached hydrogen (secondary N) is 2. The first-order valence-corrected chi connectivity index (χ1v) is 6.29. The lowest BCUT2D eigenvalue weighted by Gasteiger charge is -2.14. The number of nitro groups is 1. The number of benzene rings is 1. The molecule has 1 aromatic heterocycles. The summed E-state index contributed by atoms with van der Waals surface area (Å²) in [5.41, 5.74) is 1.01. The third kappa shape index (κ3) is 4.00. The van der Waals surface area contributed by atoms with Crippen LogP contribution in [0, 0.1) is 10.1 Å². The number of carbonyl (C=O) groups is 1. The maximum atomic E-state index is 11.9. The zero-order valence-electron chi connectivity index (χ0n) is 11.3. The number of urea groups is 1. The molecule has 108 valence electrons. The van der Waals surface area contributed by atoms with Gasteiger partial charge >= 0.3 is 6.03 Å². The molecule has 21 heavy (non-hydrogen) atoms. The van der Waals surface area contributed by atoms with Crippen LogP contribution in [0.15, 0.2) is 48.7 Å². The molecular formula is C14H14N4O3. The Kier molecular flexibility index (Phi) is 4.45. The molecular weight excluding hydrogens is 272 g/mol. The minimum Gasteiger partial charge on any atom is -0.330 e. The summed E-state index contributed by atoms with van der Waals surface area (Å²) in [6.07, 6.45) is 1.64. The van der Waals surface area contributed by atoms with Crippen LogP contribution in [0.2, 0.25) is 0 Å². The van der Waals surface area contributed by atoms with E-state index < -0.39 is 11.0 Å². The lowest BCUT2D eigenvalue weighted by molar-refractivity contribution is -0.384. The second kappa shape index (κ2) is 6.47. The highest BCUT2D eigenvalue weighted by atomic mass is 16.6. The van der Waals surface area contributed by atoms with Gasteiger partial charge in [-0.15, -0.1) is 0 Å². The molecule has 0 bridgehead atoms. The predicted octanol–water partition coefficient (Wildman–Crippen LogP) is 2.87. The summed E-state index contributed by atoms with van der Waals surface area (Å²) < 4.78 is 0. The fourth-order valence-electron chi connectivity index (χ4n) is 1.77. The Balaban J connectivity index is 1.99. The van der Waals surface area contributed by atoms with Crippen LogP contribution in [-0.4, -0.2) is 15.9 Å². The quantitative estimate of drug-likeness (QED) is 0.667. The number of aromatic nitrogens is 1. The van der Waals surface area contributed by atoms with Gasteiger partial charge in [0.15, 0.2) is 0 Å². The Bertz CT molecular complexity index is 646. The molecule has 1 heterocycles. The van der Waals surface area contributed by atoms with Crippen LogP contribution in [0.1, 0.15) is 18.7 Å². The van der Waals surface area contributed by atoms with Crippen molar-refractivity contribution in [1.29, 1.82) is 0 Å². The first kappa shape index (κ1) is 14.4. The van der Waals surface area contributed by atoms with E-state index in [9.17, 15) is 14.9 Å². The van der Waals surface area contributed by atoms with Crippen molar-refractivity contribution < 1.29 is 9.72 Å². The summed E-state index contributed by atoms with van der Waals surface area (Å²) in [6.45, 7) is 1.80. The van der Waals surface area contributed by atoms with Crippen LogP contribution in [0.5, 0.6) is 0 Å². The van der Waals surface area contributed by atoms with Gasteiger partial charge in [-0.2, -0.15) is 0 Å². The van der Waals surface area contributed by atoms with E-state index in [4.69, 9.17) is 0 Å². The molecule has 0 aliphatic carbocycles. The van der Waals surface area contributed by atoms with Crippen molar-refractivity contribution in [3.8, 4) is 0 Å². The number of anilines is 1. The summed E-state index contributed by atoms with van der Waals surface area (Å²) >= 11 is 0. The van der Waals surface area contributed by atoms with Crippen molar-refractivity contribution in [3.05, 3.63) is 64.5 Å². The lowest BCUT2D eigenvalue weighted by atomic mass is 10.2. The zero-order valence-corrected chi connectivity index (χ0v) is 11.3. The molecule has 1 atom stereocenters. The van der Waals surface area contributed by atoms with Crippen LogP contribution in [0.4, 0.5) is 16.2 Å². The monoisotopic (exact) mass is 286 g/mol. The summed E-state index contributed by atoms with van der Waals surface area (Å²) in [5.74, 6) is 0. The lowest BCUT2D eigenvalue weighted by Crippen LogP contribution is -2.31. The molecule has 2 amide bonds. The molecule has 0 aliphatic rings. The van der Waals surface area contributed by atoms with E-state index in [1.807, 2.05) is 6.07 Å². The van der Waals surface area contributed by atoms with E-state index >= 15 is 0 Å². The van der Waals surface area contributed by atoms with Crippen molar-refractivity contribution in [2.24, 2.45) is 0 Å². The fourth-order valence-corrected chi connectivity index (χ4v) is 1.77. The highest BCUT2D eigenvalue weighted by molar-refractivity contribution is 5.89. The zero-order chi connectivity index (χ0) is 15.2. The standard InChI is InChI=1S/C14H14N4O3/c1-10(13-7-2-3-8-15-13)16-14(19)17-11-5-4-6-12(9-11)18(20)21/h2-10H,1H3,(H2,16,17,19)/t10-/m0/s1. The number of carbonyl (C=O) groups excluding carboxylic acids is 1. The molecule has 7 heteroatoms. The van der Waals surface area contributed by atoms with Gasteiger partial charge in [0.1, 0.15) is 0 Å². The number of nitrogens with zero attached hydrogens (tertiary/aromatic N) is 2. The smallest absolute Gasteiger partial charge is 0.319 e. The van der Waals surface area contributed by atoms with Crippen molar-refractivity contribution >= 4 is 17.4 Å². The van der Waals surface area contributed by atoms with Crippen molar-refractivity contribution in [2.75, 3.05) is 5.32 Å². The Morgan fingerprint density at radius 3 is 2.76 bits per heavy atom. The molecule has 2 N–H and O–H groups in total. The highest BCUT2D eigenvalue weighted by Crippen LogP contribution is 2.17. The van der Waals surface area contributed by atoms with Gasteiger partial charge in [-0.05, 0) is 25.1 Å². The van der Waals surface area contributed by atoms with Gasteiger partial charge in [0.05, 0.1) is 16.7 Å². The van der Waals surface area contributed by atoms with Gasteiger partial charge in [0.25, 0.3) is 5.69 Å².